The van der Waals surface area contributed by atoms with Crippen LogP contribution in [0.3, 0.4) is 0 Å². The molecule has 5 heteroatoms. The second-order valence-electron chi connectivity index (χ2n) is 12.5. The molecule has 214 valence electrons. The molecule has 0 radical (unpaired) electrons. The van der Waals surface area contributed by atoms with Crippen molar-refractivity contribution in [1.29, 1.82) is 0 Å². The molecule has 1 aliphatic carbocycles. The van der Waals surface area contributed by atoms with Gasteiger partial charge in [-0.05, 0) is 74.2 Å². The zero-order valence-electron chi connectivity index (χ0n) is 24.4. The average Bonchev–Trinajstić information content (AvgIpc) is 3.77. The topological polar surface area (TPSA) is 43.9 Å². The van der Waals surface area contributed by atoms with Crippen LogP contribution in [0.15, 0.2) is 91.0 Å². The van der Waals surface area contributed by atoms with E-state index in [4.69, 9.17) is 0 Å². The van der Waals surface area contributed by atoms with Crippen LogP contribution in [0.5, 0.6) is 0 Å². The van der Waals surface area contributed by atoms with Crippen molar-refractivity contribution in [3.63, 3.8) is 0 Å². The van der Waals surface area contributed by atoms with Crippen LogP contribution < -0.4 is 0 Å². The van der Waals surface area contributed by atoms with Gasteiger partial charge >= 0.3 is 0 Å². The van der Waals surface area contributed by atoms with Crippen LogP contribution >= 0.6 is 0 Å². The Balaban J connectivity index is 1.18. The predicted octanol–water partition coefficient (Wildman–Crippen LogP) is 5.65. The number of piperidine rings is 2. The molecule has 3 aromatic carbocycles. The van der Waals surface area contributed by atoms with Crippen molar-refractivity contribution in [3.05, 3.63) is 108 Å². The molecule has 3 aliphatic rings. The first-order valence-electron chi connectivity index (χ1n) is 15.5. The lowest BCUT2D eigenvalue weighted by molar-refractivity contribution is -0.140. The normalized spacial score (nSPS) is 24.0. The molecule has 2 aliphatic heterocycles. The second kappa shape index (κ2) is 11.8. The number of carbonyl (C=O) groups is 2. The summed E-state index contributed by atoms with van der Waals surface area (Å²) < 4.78 is 0. The first-order chi connectivity index (χ1) is 20.0. The van der Waals surface area contributed by atoms with Crippen LogP contribution in [-0.2, 0) is 27.0 Å². The molecule has 0 spiro atoms. The number of hydrogen-bond acceptors (Lipinski definition) is 3. The van der Waals surface area contributed by atoms with Gasteiger partial charge in [-0.15, -0.1) is 0 Å². The lowest BCUT2D eigenvalue weighted by Crippen LogP contribution is -2.54. The summed E-state index contributed by atoms with van der Waals surface area (Å²) in [6, 6.07) is 31.1. The quantitative estimate of drug-likeness (QED) is 0.365. The Morgan fingerprint density at radius 3 is 1.93 bits per heavy atom. The maximum atomic E-state index is 14.1. The van der Waals surface area contributed by atoms with E-state index >= 15 is 0 Å². The Morgan fingerprint density at radius 2 is 1.32 bits per heavy atom. The first-order valence-corrected chi connectivity index (χ1v) is 15.5. The molecule has 5 nitrogen and oxygen atoms in total. The summed E-state index contributed by atoms with van der Waals surface area (Å²) in [7, 11) is 1.94. The summed E-state index contributed by atoms with van der Waals surface area (Å²) in [5, 5.41) is 0. The summed E-state index contributed by atoms with van der Waals surface area (Å²) in [5.74, 6) is 0.817. The fraction of sp³-hybridized carbons (Fsp3) is 0.444. The summed E-state index contributed by atoms with van der Waals surface area (Å²) in [6.07, 6.45) is 5.98. The summed E-state index contributed by atoms with van der Waals surface area (Å²) in [5.41, 5.74) is 2.53. The lowest BCUT2D eigenvalue weighted by Gasteiger charge is -2.44. The summed E-state index contributed by atoms with van der Waals surface area (Å²) in [6.45, 7) is 5.04. The second-order valence-corrected chi connectivity index (χ2v) is 12.5. The van der Waals surface area contributed by atoms with Gasteiger partial charge in [0.1, 0.15) is 0 Å². The van der Waals surface area contributed by atoms with Crippen molar-refractivity contribution in [2.45, 2.75) is 55.9 Å². The zero-order valence-corrected chi connectivity index (χ0v) is 24.4. The molecule has 2 amide bonds. The number of carbonyl (C=O) groups excluding carboxylic acids is 2. The largest absolute Gasteiger partial charge is 0.342 e. The molecule has 2 saturated heterocycles. The number of benzene rings is 3. The Morgan fingerprint density at radius 1 is 0.756 bits per heavy atom. The molecule has 1 saturated carbocycles. The van der Waals surface area contributed by atoms with E-state index in [9.17, 15) is 9.59 Å². The average molecular weight is 550 g/mol. The third-order valence-electron chi connectivity index (χ3n) is 9.95. The third-order valence-corrected chi connectivity index (χ3v) is 9.95. The van der Waals surface area contributed by atoms with Gasteiger partial charge < -0.3 is 14.7 Å². The van der Waals surface area contributed by atoms with Crippen LogP contribution in [0.25, 0.3) is 0 Å². The number of nitrogens with zero attached hydrogens (tertiary/aromatic N) is 3. The minimum atomic E-state index is -0.470. The smallest absolute Gasteiger partial charge is 0.233 e. The molecular formula is C36H43N3O2. The maximum absolute atomic E-state index is 14.1. The van der Waals surface area contributed by atoms with Gasteiger partial charge in [0.05, 0.1) is 10.8 Å². The van der Waals surface area contributed by atoms with Gasteiger partial charge in [0.15, 0.2) is 0 Å². The molecular weight excluding hydrogens is 506 g/mol. The van der Waals surface area contributed by atoms with Crippen molar-refractivity contribution in [1.82, 2.24) is 14.7 Å². The van der Waals surface area contributed by atoms with Gasteiger partial charge in [0.25, 0.3) is 0 Å². The number of likely N-dealkylation sites (N-methyl/N-ethyl adjacent to an activating group) is 1. The van der Waals surface area contributed by atoms with Gasteiger partial charge in [0.2, 0.25) is 11.8 Å². The molecule has 0 N–H and O–H groups in total. The highest BCUT2D eigenvalue weighted by molar-refractivity contribution is 5.92. The molecule has 3 fully saturated rings. The standard InChI is InChI=1S/C36H43N3O2/c1-37(27-29-14-6-2-7-15-29)34(41)36(31-18-10-4-11-19-31)26-32(36)28-38-24-20-35(21-25-38,30-16-8-3-9-17-30)33(40)39-22-12-5-13-23-39/h2-4,6-11,14-19,32H,5,12-13,20-28H2,1H3/t32-,36+/m0/s1. The van der Waals surface area contributed by atoms with Crippen LogP contribution in [0.1, 0.15) is 55.2 Å². The van der Waals surface area contributed by atoms with E-state index in [2.05, 4.69) is 70.5 Å². The fourth-order valence-corrected chi connectivity index (χ4v) is 7.51. The molecule has 0 aromatic heterocycles. The van der Waals surface area contributed by atoms with Crippen molar-refractivity contribution in [2.24, 2.45) is 5.92 Å². The highest BCUT2D eigenvalue weighted by Gasteiger charge is 2.62. The van der Waals surface area contributed by atoms with E-state index in [1.165, 1.54) is 6.42 Å². The number of hydrogen-bond donors (Lipinski definition) is 0. The molecule has 0 unspecified atom stereocenters. The molecule has 0 bridgehead atoms. The third kappa shape index (κ3) is 5.44. The molecule has 2 heterocycles. The van der Waals surface area contributed by atoms with Gasteiger partial charge in [-0.1, -0.05) is 91.0 Å². The van der Waals surface area contributed by atoms with Crippen molar-refractivity contribution in [3.8, 4) is 0 Å². The fourth-order valence-electron chi connectivity index (χ4n) is 7.51. The van der Waals surface area contributed by atoms with Crippen LogP contribution in [0, 0.1) is 5.92 Å². The minimum Gasteiger partial charge on any atom is -0.342 e. The van der Waals surface area contributed by atoms with Crippen LogP contribution in [0.4, 0.5) is 0 Å². The van der Waals surface area contributed by atoms with Crippen molar-refractivity contribution >= 4 is 11.8 Å². The lowest BCUT2D eigenvalue weighted by atomic mass is 9.71. The highest BCUT2D eigenvalue weighted by atomic mass is 16.2. The molecule has 6 rings (SSSR count). The summed E-state index contributed by atoms with van der Waals surface area (Å²) >= 11 is 0. The van der Waals surface area contributed by atoms with E-state index in [1.807, 2.05) is 42.3 Å². The van der Waals surface area contributed by atoms with E-state index in [-0.39, 0.29) is 11.8 Å². The zero-order chi connectivity index (χ0) is 28.3. The van der Waals surface area contributed by atoms with Crippen molar-refractivity contribution < 1.29 is 9.59 Å². The first kappa shape index (κ1) is 27.7. The number of amides is 2. The van der Waals surface area contributed by atoms with Gasteiger partial charge in [0, 0.05) is 33.2 Å². The minimum absolute atomic E-state index is 0.216. The Labute approximate surface area is 245 Å². The Kier molecular flexibility index (Phi) is 7.99. The highest BCUT2D eigenvalue weighted by Crippen LogP contribution is 2.56. The monoisotopic (exact) mass is 549 g/mol. The van der Waals surface area contributed by atoms with E-state index in [0.717, 1.165) is 81.5 Å². The Bertz CT molecular complexity index is 1310. The van der Waals surface area contributed by atoms with Gasteiger partial charge in [-0.2, -0.15) is 0 Å². The predicted molar refractivity (Wildman–Crippen MR) is 163 cm³/mol. The number of rotatable bonds is 8. The van der Waals surface area contributed by atoms with Gasteiger partial charge in [-0.25, -0.2) is 0 Å². The molecule has 2 atom stereocenters. The van der Waals surface area contributed by atoms with Crippen LogP contribution in [0.2, 0.25) is 0 Å². The van der Waals surface area contributed by atoms with E-state index in [0.29, 0.717) is 12.5 Å². The Hall–Kier alpha value is -3.44. The maximum Gasteiger partial charge on any atom is 0.233 e. The number of likely N-dealkylation sites (tertiary alicyclic amines) is 2. The van der Waals surface area contributed by atoms with E-state index < -0.39 is 10.8 Å². The molecule has 3 aromatic rings. The SMILES string of the molecule is CN(Cc1ccccc1)C(=O)[C@@]1(c2ccccc2)C[C@H]1CN1CCC(C(=O)N2CCCCC2)(c2ccccc2)CC1. The molecule has 41 heavy (non-hydrogen) atoms. The summed E-state index contributed by atoms with van der Waals surface area (Å²) in [4.78, 5) is 34.7. The van der Waals surface area contributed by atoms with E-state index in [1.54, 1.807) is 0 Å². The van der Waals surface area contributed by atoms with Crippen molar-refractivity contribution in [2.75, 3.05) is 39.8 Å². The van der Waals surface area contributed by atoms with Gasteiger partial charge in [-0.3, -0.25) is 9.59 Å². The van der Waals surface area contributed by atoms with Crippen LogP contribution in [-0.4, -0.2) is 66.3 Å².